The Morgan fingerprint density at radius 2 is 1.61 bits per heavy atom. The molecule has 0 aromatic carbocycles. The van der Waals surface area contributed by atoms with Crippen molar-refractivity contribution in [2.75, 3.05) is 13.2 Å². The van der Waals surface area contributed by atoms with E-state index in [1.807, 2.05) is 0 Å². The van der Waals surface area contributed by atoms with Gasteiger partial charge in [-0.1, -0.05) is 0 Å². The molecule has 23 heavy (non-hydrogen) atoms. The first-order valence-electron chi connectivity index (χ1n) is 7.85. The third kappa shape index (κ3) is 5.72. The number of rotatable bonds is 5. The van der Waals surface area contributed by atoms with E-state index in [-0.39, 0.29) is 12.2 Å². The fourth-order valence-electron chi connectivity index (χ4n) is 2.55. The number of carboxylic acid groups (broad SMARTS) is 2. The summed E-state index contributed by atoms with van der Waals surface area (Å²) in [5, 5.41) is 17.4. The molecule has 8 heteroatoms. The molecule has 4 atom stereocenters. The van der Waals surface area contributed by atoms with Crippen molar-refractivity contribution in [3.8, 4) is 0 Å². The first kappa shape index (κ1) is 19.8. The second-order valence-electron chi connectivity index (χ2n) is 6.65. The predicted molar refractivity (Wildman–Crippen MR) is 83.0 cm³/mol. The number of hydrogen-bond acceptors (Lipinski definition) is 6. The van der Waals surface area contributed by atoms with Gasteiger partial charge in [0.05, 0.1) is 12.2 Å². The van der Waals surface area contributed by atoms with Crippen molar-refractivity contribution in [1.29, 1.82) is 0 Å². The van der Waals surface area contributed by atoms with Crippen LogP contribution in [-0.4, -0.2) is 58.7 Å². The standard InChI is InChI=1S/C8H15NO3.C7H13NO3/c1-8(9,7(10)11)5-6-3-2-4-12-6;1-7(8,6(9)10)5-3-2-4-11-5/h6H,2-5,9H2,1H3,(H,10,11);5H,2-4,8H2,1H3,(H,9,10). The second-order valence-corrected chi connectivity index (χ2v) is 6.65. The normalized spacial score (nSPS) is 29.0. The number of aliphatic carboxylic acids is 2. The van der Waals surface area contributed by atoms with Crippen molar-refractivity contribution in [3.05, 3.63) is 0 Å². The first-order valence-corrected chi connectivity index (χ1v) is 7.85. The highest BCUT2D eigenvalue weighted by molar-refractivity contribution is 5.79. The largest absolute Gasteiger partial charge is 0.480 e. The molecule has 0 aromatic rings. The lowest BCUT2D eigenvalue weighted by Gasteiger charge is -2.25. The molecule has 2 saturated heterocycles. The van der Waals surface area contributed by atoms with Gasteiger partial charge in [0.1, 0.15) is 11.1 Å². The number of nitrogens with two attached hydrogens (primary N) is 2. The zero-order chi connectivity index (χ0) is 17.7. The van der Waals surface area contributed by atoms with Crippen LogP contribution in [0.4, 0.5) is 0 Å². The van der Waals surface area contributed by atoms with E-state index < -0.39 is 23.0 Å². The Morgan fingerprint density at radius 1 is 1.04 bits per heavy atom. The molecule has 0 bridgehead atoms. The molecule has 2 aliphatic heterocycles. The minimum absolute atomic E-state index is 0.0381. The summed E-state index contributed by atoms with van der Waals surface area (Å²) in [7, 11) is 0. The lowest BCUT2D eigenvalue weighted by Crippen LogP contribution is -2.54. The summed E-state index contributed by atoms with van der Waals surface area (Å²) >= 11 is 0. The van der Waals surface area contributed by atoms with Gasteiger partial charge in [0, 0.05) is 19.6 Å². The molecule has 134 valence electrons. The van der Waals surface area contributed by atoms with Crippen LogP contribution in [0.2, 0.25) is 0 Å². The van der Waals surface area contributed by atoms with Crippen molar-refractivity contribution < 1.29 is 29.3 Å². The van der Waals surface area contributed by atoms with Crippen molar-refractivity contribution >= 4 is 11.9 Å². The van der Waals surface area contributed by atoms with Gasteiger partial charge in [-0.15, -0.1) is 0 Å². The summed E-state index contributed by atoms with van der Waals surface area (Å²) in [6.45, 7) is 4.38. The molecule has 2 fully saturated rings. The number of carboxylic acids is 2. The highest BCUT2D eigenvalue weighted by atomic mass is 16.5. The van der Waals surface area contributed by atoms with Crippen LogP contribution in [0.15, 0.2) is 0 Å². The summed E-state index contributed by atoms with van der Waals surface area (Å²) < 4.78 is 10.5. The Morgan fingerprint density at radius 3 is 2.00 bits per heavy atom. The molecule has 6 N–H and O–H groups in total. The molecule has 0 saturated carbocycles. The fraction of sp³-hybridized carbons (Fsp3) is 0.867. The van der Waals surface area contributed by atoms with E-state index in [9.17, 15) is 9.59 Å². The van der Waals surface area contributed by atoms with Crippen molar-refractivity contribution in [2.24, 2.45) is 11.5 Å². The average molecular weight is 332 g/mol. The average Bonchev–Trinajstić information content (AvgIpc) is 3.11. The van der Waals surface area contributed by atoms with Crippen LogP contribution in [0, 0.1) is 0 Å². The van der Waals surface area contributed by atoms with Crippen LogP contribution in [-0.2, 0) is 19.1 Å². The number of ether oxygens (including phenoxy) is 2. The molecule has 8 nitrogen and oxygen atoms in total. The third-order valence-electron chi connectivity index (χ3n) is 4.22. The van der Waals surface area contributed by atoms with Gasteiger partial charge < -0.3 is 31.2 Å². The van der Waals surface area contributed by atoms with E-state index in [1.54, 1.807) is 0 Å². The topological polar surface area (TPSA) is 145 Å². The van der Waals surface area contributed by atoms with Gasteiger partial charge in [0.15, 0.2) is 0 Å². The van der Waals surface area contributed by atoms with Gasteiger partial charge in [-0.25, -0.2) is 0 Å². The molecule has 2 rings (SSSR count). The molecule has 0 spiro atoms. The molecular weight excluding hydrogens is 304 g/mol. The smallest absolute Gasteiger partial charge is 0.326 e. The van der Waals surface area contributed by atoms with Gasteiger partial charge in [0.25, 0.3) is 0 Å². The second kappa shape index (κ2) is 8.05. The van der Waals surface area contributed by atoms with Crippen LogP contribution in [0.1, 0.15) is 46.0 Å². The Kier molecular flexibility index (Phi) is 6.94. The molecular formula is C15H28N2O6. The fourth-order valence-corrected chi connectivity index (χ4v) is 2.55. The zero-order valence-corrected chi connectivity index (χ0v) is 13.8. The Labute approximate surface area is 136 Å². The minimum atomic E-state index is -1.23. The molecule has 0 aromatic heterocycles. The lowest BCUT2D eigenvalue weighted by molar-refractivity contribution is -0.147. The maximum Gasteiger partial charge on any atom is 0.326 e. The zero-order valence-electron chi connectivity index (χ0n) is 13.8. The summed E-state index contributed by atoms with van der Waals surface area (Å²) in [5.74, 6) is -1.96. The first-order chi connectivity index (χ1) is 10.6. The summed E-state index contributed by atoms with van der Waals surface area (Å²) in [6.07, 6.45) is 3.73. The van der Waals surface area contributed by atoms with Gasteiger partial charge in [-0.2, -0.15) is 0 Å². The van der Waals surface area contributed by atoms with Crippen molar-refractivity contribution in [1.82, 2.24) is 0 Å². The lowest BCUT2D eigenvalue weighted by atomic mass is 9.94. The van der Waals surface area contributed by atoms with Crippen molar-refractivity contribution in [3.63, 3.8) is 0 Å². The monoisotopic (exact) mass is 332 g/mol. The number of carbonyl (C=O) groups is 2. The summed E-state index contributed by atoms with van der Waals surface area (Å²) in [4.78, 5) is 21.2. The van der Waals surface area contributed by atoms with Crippen LogP contribution in [0.5, 0.6) is 0 Å². The van der Waals surface area contributed by atoms with E-state index in [1.165, 1.54) is 13.8 Å². The summed E-state index contributed by atoms with van der Waals surface area (Å²) in [5.41, 5.74) is 8.73. The maximum atomic E-state index is 10.6. The van der Waals surface area contributed by atoms with E-state index in [2.05, 4.69) is 0 Å². The Balaban J connectivity index is 0.000000231. The van der Waals surface area contributed by atoms with Gasteiger partial charge in [-0.3, -0.25) is 9.59 Å². The van der Waals surface area contributed by atoms with Gasteiger partial charge >= 0.3 is 11.9 Å². The van der Waals surface area contributed by atoms with Gasteiger partial charge in [-0.05, 0) is 39.5 Å². The molecule has 4 unspecified atom stereocenters. The summed E-state index contributed by atoms with van der Waals surface area (Å²) in [6, 6.07) is 0. The van der Waals surface area contributed by atoms with Gasteiger partial charge in [0.2, 0.25) is 0 Å². The van der Waals surface area contributed by atoms with E-state index in [0.29, 0.717) is 13.0 Å². The van der Waals surface area contributed by atoms with Crippen LogP contribution >= 0.6 is 0 Å². The molecule has 0 amide bonds. The van der Waals surface area contributed by atoms with Crippen LogP contribution < -0.4 is 11.5 Å². The third-order valence-corrected chi connectivity index (χ3v) is 4.22. The van der Waals surface area contributed by atoms with E-state index in [0.717, 1.165) is 32.3 Å². The van der Waals surface area contributed by atoms with Crippen LogP contribution in [0.25, 0.3) is 0 Å². The van der Waals surface area contributed by atoms with E-state index >= 15 is 0 Å². The quantitative estimate of drug-likeness (QED) is 0.563. The minimum Gasteiger partial charge on any atom is -0.480 e. The highest BCUT2D eigenvalue weighted by Gasteiger charge is 2.40. The molecule has 2 aliphatic rings. The molecule has 0 radical (unpaired) electrons. The SMILES string of the molecule is CC(N)(C(=O)O)C1CCCO1.CC(N)(CC1CCCO1)C(=O)O. The van der Waals surface area contributed by atoms with Crippen molar-refractivity contribution in [2.45, 2.75) is 69.2 Å². The number of hydrogen-bond donors (Lipinski definition) is 4. The molecule has 2 heterocycles. The maximum absolute atomic E-state index is 10.6. The van der Waals surface area contributed by atoms with E-state index in [4.69, 9.17) is 31.2 Å². The Bertz CT molecular complexity index is 412. The Hall–Kier alpha value is -1.22. The predicted octanol–water partition coefficient (Wildman–Crippen LogP) is 0.325. The van der Waals surface area contributed by atoms with Crippen LogP contribution in [0.3, 0.4) is 0 Å². The molecule has 0 aliphatic carbocycles. The highest BCUT2D eigenvalue weighted by Crippen LogP contribution is 2.22.